The summed E-state index contributed by atoms with van der Waals surface area (Å²) < 4.78 is 5.66. The Morgan fingerprint density at radius 2 is 2.12 bits per heavy atom. The van der Waals surface area contributed by atoms with E-state index in [9.17, 15) is 0 Å². The molecule has 0 bridgehead atoms. The number of alkyl halides is 1. The van der Waals surface area contributed by atoms with Crippen molar-refractivity contribution in [3.8, 4) is 0 Å². The van der Waals surface area contributed by atoms with Crippen molar-refractivity contribution in [1.82, 2.24) is 0 Å². The van der Waals surface area contributed by atoms with Crippen LogP contribution < -0.4 is 0 Å². The molecular weight excluding hydrogens is 276 g/mol. The highest BCUT2D eigenvalue weighted by atomic mass is 79.9. The number of rotatable bonds is 6. The van der Waals surface area contributed by atoms with Gasteiger partial charge in [0.25, 0.3) is 0 Å². The molecule has 94 valence electrons. The Morgan fingerprint density at radius 1 is 1.29 bits per heavy atom. The van der Waals surface area contributed by atoms with E-state index in [1.807, 2.05) is 0 Å². The van der Waals surface area contributed by atoms with E-state index in [-0.39, 0.29) is 0 Å². The number of ether oxygens (including phenoxy) is 1. The fourth-order valence-electron chi connectivity index (χ4n) is 2.46. The first kappa shape index (κ1) is 13.1. The van der Waals surface area contributed by atoms with Crippen LogP contribution in [0.15, 0.2) is 24.3 Å². The van der Waals surface area contributed by atoms with Crippen LogP contribution in [-0.4, -0.2) is 13.2 Å². The van der Waals surface area contributed by atoms with Gasteiger partial charge in [0.05, 0.1) is 0 Å². The van der Waals surface area contributed by atoms with Gasteiger partial charge in [-0.05, 0) is 36.3 Å². The average Bonchev–Trinajstić information content (AvgIpc) is 2.67. The number of hydrogen-bond donors (Lipinski definition) is 0. The smallest absolute Gasteiger partial charge is 0.0469 e. The molecule has 1 aliphatic carbocycles. The first-order valence-electron chi connectivity index (χ1n) is 6.62. The van der Waals surface area contributed by atoms with E-state index in [2.05, 4.69) is 47.1 Å². The first-order valence-corrected chi connectivity index (χ1v) is 7.54. The molecule has 0 spiro atoms. The summed E-state index contributed by atoms with van der Waals surface area (Å²) in [4.78, 5) is 0.522. The largest absolute Gasteiger partial charge is 0.381 e. The van der Waals surface area contributed by atoms with Gasteiger partial charge in [-0.2, -0.15) is 0 Å². The average molecular weight is 297 g/mol. The minimum Gasteiger partial charge on any atom is -0.381 e. The third kappa shape index (κ3) is 3.32. The molecule has 17 heavy (non-hydrogen) atoms. The van der Waals surface area contributed by atoms with Crippen LogP contribution in [0.4, 0.5) is 0 Å². The van der Waals surface area contributed by atoms with Crippen LogP contribution in [0.25, 0.3) is 0 Å². The van der Waals surface area contributed by atoms with Crippen molar-refractivity contribution in [3.63, 3.8) is 0 Å². The van der Waals surface area contributed by atoms with Crippen molar-refractivity contribution < 1.29 is 4.74 Å². The van der Waals surface area contributed by atoms with Crippen molar-refractivity contribution in [2.45, 2.75) is 37.4 Å². The summed E-state index contributed by atoms with van der Waals surface area (Å²) in [6.45, 7) is 4.02. The number of hydrogen-bond acceptors (Lipinski definition) is 1. The van der Waals surface area contributed by atoms with Gasteiger partial charge in [-0.25, -0.2) is 0 Å². The fourth-order valence-corrected chi connectivity index (χ4v) is 3.36. The van der Waals surface area contributed by atoms with Crippen molar-refractivity contribution in [1.29, 1.82) is 0 Å². The van der Waals surface area contributed by atoms with Crippen molar-refractivity contribution in [3.05, 3.63) is 35.4 Å². The van der Waals surface area contributed by atoms with Crippen LogP contribution in [0.2, 0.25) is 0 Å². The zero-order valence-corrected chi connectivity index (χ0v) is 12.1. The lowest BCUT2D eigenvalue weighted by Crippen LogP contribution is -2.07. The fraction of sp³-hybridized carbons (Fsp3) is 0.600. The maximum Gasteiger partial charge on any atom is 0.0469 e. The Balaban J connectivity index is 1.78. The maximum absolute atomic E-state index is 5.66. The van der Waals surface area contributed by atoms with Gasteiger partial charge in [0.1, 0.15) is 0 Å². The molecule has 1 aliphatic rings. The molecule has 2 unspecified atom stereocenters. The van der Waals surface area contributed by atoms with Crippen LogP contribution in [0, 0.1) is 5.92 Å². The maximum atomic E-state index is 5.66. The minimum atomic E-state index is 0.522. The van der Waals surface area contributed by atoms with Crippen molar-refractivity contribution >= 4 is 15.9 Å². The second-order valence-corrected chi connectivity index (χ2v) is 5.81. The zero-order valence-electron chi connectivity index (χ0n) is 10.5. The van der Waals surface area contributed by atoms with Crippen LogP contribution in [-0.2, 0) is 11.2 Å². The summed E-state index contributed by atoms with van der Waals surface area (Å²) in [5, 5.41) is 0. The van der Waals surface area contributed by atoms with E-state index < -0.39 is 0 Å². The topological polar surface area (TPSA) is 9.23 Å². The van der Waals surface area contributed by atoms with E-state index in [0.717, 1.165) is 19.6 Å². The summed E-state index contributed by atoms with van der Waals surface area (Å²) in [5.74, 6) is 0.703. The van der Waals surface area contributed by atoms with Gasteiger partial charge < -0.3 is 4.74 Å². The third-order valence-corrected chi connectivity index (χ3v) is 4.76. The normalized spacial score (nSPS) is 22.7. The lowest BCUT2D eigenvalue weighted by Gasteiger charge is -2.14. The Labute approximate surface area is 113 Å². The summed E-state index contributed by atoms with van der Waals surface area (Å²) in [7, 11) is 0. The van der Waals surface area contributed by atoms with Gasteiger partial charge >= 0.3 is 0 Å². The molecule has 0 heterocycles. The van der Waals surface area contributed by atoms with Gasteiger partial charge in [-0.1, -0.05) is 53.5 Å². The second kappa shape index (κ2) is 6.55. The predicted molar refractivity (Wildman–Crippen MR) is 75.6 cm³/mol. The molecule has 1 nitrogen and oxygen atoms in total. The second-order valence-electron chi connectivity index (χ2n) is 4.82. The number of halogens is 1. The Morgan fingerprint density at radius 3 is 2.88 bits per heavy atom. The van der Waals surface area contributed by atoms with E-state index >= 15 is 0 Å². The lowest BCUT2D eigenvalue weighted by molar-refractivity contribution is 0.118. The SMILES string of the molecule is CCCCOCCC1Cc2ccccc2C1Br. The van der Waals surface area contributed by atoms with E-state index in [1.165, 1.54) is 30.4 Å². The molecule has 1 aromatic rings. The molecule has 0 amide bonds. The molecule has 0 saturated carbocycles. The number of benzene rings is 1. The predicted octanol–water partition coefficient (Wildman–Crippen LogP) is 4.50. The molecule has 2 atom stereocenters. The van der Waals surface area contributed by atoms with Gasteiger partial charge in [-0.3, -0.25) is 0 Å². The van der Waals surface area contributed by atoms with Gasteiger partial charge in [-0.15, -0.1) is 0 Å². The third-order valence-electron chi connectivity index (χ3n) is 3.52. The van der Waals surface area contributed by atoms with E-state index in [1.54, 1.807) is 0 Å². The van der Waals surface area contributed by atoms with Gasteiger partial charge in [0.15, 0.2) is 0 Å². The van der Waals surface area contributed by atoms with E-state index in [0.29, 0.717) is 10.7 Å². The molecule has 0 fully saturated rings. The molecule has 0 N–H and O–H groups in total. The first-order chi connectivity index (χ1) is 8.33. The van der Waals surface area contributed by atoms with Gasteiger partial charge in [0.2, 0.25) is 0 Å². The van der Waals surface area contributed by atoms with Crippen molar-refractivity contribution in [2.24, 2.45) is 5.92 Å². The Kier molecular flexibility index (Phi) is 5.05. The highest BCUT2D eigenvalue weighted by molar-refractivity contribution is 9.09. The highest BCUT2D eigenvalue weighted by Crippen LogP contribution is 2.43. The molecule has 0 saturated heterocycles. The highest BCUT2D eigenvalue weighted by Gasteiger charge is 2.29. The zero-order chi connectivity index (χ0) is 12.1. The standard InChI is InChI=1S/C15H21BrO/c1-2-3-9-17-10-8-13-11-12-6-4-5-7-14(12)15(13)16/h4-7,13,15H,2-3,8-11H2,1H3. The number of fused-ring (bicyclic) bond motifs is 1. The van der Waals surface area contributed by atoms with Crippen molar-refractivity contribution in [2.75, 3.05) is 13.2 Å². The summed E-state index contributed by atoms with van der Waals surface area (Å²) in [6, 6.07) is 8.76. The molecule has 1 aromatic carbocycles. The lowest BCUT2D eigenvalue weighted by atomic mass is 10.0. The van der Waals surface area contributed by atoms with E-state index in [4.69, 9.17) is 4.74 Å². The molecule has 0 aromatic heterocycles. The quantitative estimate of drug-likeness (QED) is 0.555. The summed E-state index contributed by atoms with van der Waals surface area (Å²) in [5.41, 5.74) is 2.99. The molecule has 0 radical (unpaired) electrons. The summed E-state index contributed by atoms with van der Waals surface area (Å²) >= 11 is 3.83. The molecule has 0 aliphatic heterocycles. The van der Waals surface area contributed by atoms with Crippen LogP contribution in [0.1, 0.15) is 42.1 Å². The van der Waals surface area contributed by atoms with Crippen LogP contribution in [0.3, 0.4) is 0 Å². The monoisotopic (exact) mass is 296 g/mol. The van der Waals surface area contributed by atoms with Gasteiger partial charge in [0, 0.05) is 18.0 Å². The molecular formula is C15H21BrO. The van der Waals surface area contributed by atoms with Crippen LogP contribution >= 0.6 is 15.9 Å². The number of unbranched alkanes of at least 4 members (excludes halogenated alkanes) is 1. The van der Waals surface area contributed by atoms with Crippen LogP contribution in [0.5, 0.6) is 0 Å². The Bertz CT molecular complexity index is 351. The molecule has 2 rings (SSSR count). The Hall–Kier alpha value is -0.340. The minimum absolute atomic E-state index is 0.522. The summed E-state index contributed by atoms with van der Waals surface area (Å²) in [6.07, 6.45) is 4.76. The molecule has 2 heteroatoms.